The largest absolute Gasteiger partial charge is 0.744 e. The molecular formula is C32H19N4O11S3-3. The normalized spacial score (nSPS) is 16.2. The van der Waals surface area contributed by atoms with Gasteiger partial charge < -0.3 is 13.7 Å². The van der Waals surface area contributed by atoms with Crippen LogP contribution in [0.25, 0.3) is 23.3 Å². The maximum absolute atomic E-state index is 13.3. The molecule has 0 atom stereocenters. The number of benzene rings is 4. The van der Waals surface area contributed by atoms with Crippen molar-refractivity contribution in [2.45, 2.75) is 9.79 Å². The molecule has 0 spiro atoms. The molecule has 50 heavy (non-hydrogen) atoms. The topological polar surface area (TPSA) is 255 Å². The number of allylic oxidation sites excluding steroid dienone is 2. The molecule has 0 saturated carbocycles. The van der Waals surface area contributed by atoms with Gasteiger partial charge in [-0.05, 0) is 70.8 Å². The van der Waals surface area contributed by atoms with E-state index in [-0.39, 0.29) is 23.2 Å². The van der Waals surface area contributed by atoms with Gasteiger partial charge in [-0.2, -0.15) is 10.2 Å². The summed E-state index contributed by atoms with van der Waals surface area (Å²) in [7, 11) is -16.5. The van der Waals surface area contributed by atoms with E-state index in [1.165, 1.54) is 18.2 Å². The maximum atomic E-state index is 13.3. The third-order valence-corrected chi connectivity index (χ3v) is 9.98. The molecule has 254 valence electrons. The van der Waals surface area contributed by atoms with Gasteiger partial charge >= 0.3 is 0 Å². The van der Waals surface area contributed by atoms with E-state index in [0.717, 1.165) is 11.1 Å². The van der Waals surface area contributed by atoms with Crippen LogP contribution < -0.4 is 10.9 Å². The van der Waals surface area contributed by atoms with Crippen molar-refractivity contribution in [1.82, 2.24) is 0 Å². The van der Waals surface area contributed by atoms with E-state index < -0.39 is 67.7 Å². The second-order valence-corrected chi connectivity index (χ2v) is 14.7. The van der Waals surface area contributed by atoms with Crippen LogP contribution in [0.1, 0.15) is 27.0 Å². The second-order valence-electron chi connectivity index (χ2n) is 10.7. The predicted octanol–water partition coefficient (Wildman–Crippen LogP) is 3.12. The molecule has 2 N–H and O–H groups in total. The lowest BCUT2D eigenvalue weighted by atomic mass is 9.94. The van der Waals surface area contributed by atoms with Gasteiger partial charge in [0.05, 0.1) is 26.1 Å². The van der Waals surface area contributed by atoms with E-state index in [1.54, 1.807) is 48.5 Å². The summed E-state index contributed by atoms with van der Waals surface area (Å²) in [5.74, 6) is -1.74. The molecule has 2 aliphatic carbocycles. The molecule has 0 aliphatic heterocycles. The van der Waals surface area contributed by atoms with Gasteiger partial charge in [0, 0.05) is 11.1 Å². The van der Waals surface area contributed by atoms with Crippen LogP contribution in [0.3, 0.4) is 0 Å². The first-order valence-corrected chi connectivity index (χ1v) is 18.3. The van der Waals surface area contributed by atoms with Crippen LogP contribution in [0.5, 0.6) is 0 Å². The molecule has 0 heterocycles. The highest BCUT2D eigenvalue weighted by molar-refractivity contribution is 7.91. The highest BCUT2D eigenvalue weighted by atomic mass is 32.2. The Morgan fingerprint density at radius 1 is 0.580 bits per heavy atom. The summed E-state index contributed by atoms with van der Waals surface area (Å²) >= 11 is 0. The van der Waals surface area contributed by atoms with Crippen LogP contribution in [-0.4, -0.2) is 61.9 Å². The van der Waals surface area contributed by atoms with Crippen molar-refractivity contribution >= 4 is 76.9 Å². The van der Waals surface area contributed by atoms with Gasteiger partial charge in [0.15, 0.2) is 0 Å². The lowest BCUT2D eigenvalue weighted by Crippen LogP contribution is -2.29. The maximum Gasteiger partial charge on any atom is 0.216 e. The lowest BCUT2D eigenvalue weighted by molar-refractivity contribution is -0.108. The number of carbonyl (C=O) groups is 2. The summed E-state index contributed by atoms with van der Waals surface area (Å²) in [6.45, 7) is 0. The van der Waals surface area contributed by atoms with Crippen LogP contribution >= 0.6 is 0 Å². The van der Waals surface area contributed by atoms with Crippen molar-refractivity contribution in [3.8, 4) is 11.1 Å². The number of Topliss-reactive ketones (excluding diaryl/α,β-unsaturated/α-hetero) is 1. The number of ketones is 2. The number of anilines is 2. The van der Waals surface area contributed by atoms with Gasteiger partial charge in [-0.3, -0.25) is 20.4 Å². The molecule has 15 nitrogen and oxygen atoms in total. The summed E-state index contributed by atoms with van der Waals surface area (Å²) in [6, 6.07) is 21.3. The van der Waals surface area contributed by atoms with Crippen molar-refractivity contribution in [1.29, 1.82) is 0 Å². The third kappa shape index (κ3) is 6.92. The van der Waals surface area contributed by atoms with Crippen molar-refractivity contribution < 1.29 is 48.5 Å². The van der Waals surface area contributed by atoms with Crippen LogP contribution in [0.15, 0.2) is 116 Å². The predicted molar refractivity (Wildman–Crippen MR) is 178 cm³/mol. The first-order chi connectivity index (χ1) is 23.5. The van der Waals surface area contributed by atoms with Gasteiger partial charge in [0.25, 0.3) is 0 Å². The Kier molecular flexibility index (Phi) is 8.68. The van der Waals surface area contributed by atoms with Crippen molar-refractivity contribution in [2.75, 3.05) is 10.9 Å². The molecule has 0 fully saturated rings. The number of hydrogen-bond donors (Lipinski definition) is 2. The first-order valence-electron chi connectivity index (χ1n) is 14.0. The summed E-state index contributed by atoms with van der Waals surface area (Å²) in [5.41, 5.74) is 6.59. The van der Waals surface area contributed by atoms with Gasteiger partial charge in [0.2, 0.25) is 11.6 Å². The molecule has 2 aliphatic rings. The number of rotatable bonds is 8. The minimum Gasteiger partial charge on any atom is -0.744 e. The fraction of sp³-hybridized carbons (Fsp3) is 0. The minimum atomic E-state index is -5.59. The summed E-state index contributed by atoms with van der Waals surface area (Å²) in [5, 5.41) is 8.01. The molecule has 0 amide bonds. The van der Waals surface area contributed by atoms with Crippen LogP contribution in [0, 0.1) is 0 Å². The molecule has 0 bridgehead atoms. The summed E-state index contributed by atoms with van der Waals surface area (Å²) in [4.78, 5) is 21.8. The average Bonchev–Trinajstić information content (AvgIpc) is 3.06. The van der Waals surface area contributed by atoms with E-state index in [4.69, 9.17) is 0 Å². The van der Waals surface area contributed by atoms with Crippen molar-refractivity contribution in [3.05, 3.63) is 118 Å². The molecule has 6 rings (SSSR count). The lowest BCUT2D eigenvalue weighted by Gasteiger charge is -2.24. The second kappa shape index (κ2) is 12.7. The van der Waals surface area contributed by atoms with Gasteiger partial charge in [-0.15, -0.1) is 0 Å². The molecule has 0 aromatic heterocycles. The molecular weight excluding hydrogens is 713 g/mol. The van der Waals surface area contributed by atoms with E-state index >= 15 is 0 Å². The van der Waals surface area contributed by atoms with Gasteiger partial charge in [0.1, 0.15) is 41.8 Å². The highest BCUT2D eigenvalue weighted by Crippen LogP contribution is 2.33. The number of nitrogens with one attached hydrogen (secondary N) is 2. The zero-order valence-corrected chi connectivity index (χ0v) is 27.4. The molecule has 4 aromatic rings. The van der Waals surface area contributed by atoms with E-state index in [0.29, 0.717) is 29.0 Å². The number of fused-ring (bicyclic) bond motifs is 2. The third-order valence-electron chi connectivity index (χ3n) is 7.46. The van der Waals surface area contributed by atoms with Crippen LogP contribution in [-0.2, 0) is 35.1 Å². The standard InChI is InChI=1S/C32H22N4O11S3/c37-26-14-9-20-3-1-2-4-25(20)30(26)35-33-22-10-5-18(6-11-22)19-7-12-23(13-8-19)34-36-31-28(50(45,46)47)16-21-15-24(48(39,40)41)17-27(49(42,43)44)29(21)32(31)38/h1-17,33-34H,(H,39,40,41)(H,42,43,44)(H,45,46,47)/p-3. The van der Waals surface area contributed by atoms with Crippen molar-refractivity contribution in [3.63, 3.8) is 0 Å². The Morgan fingerprint density at radius 3 is 1.68 bits per heavy atom. The van der Waals surface area contributed by atoms with E-state index in [1.807, 2.05) is 18.2 Å². The summed E-state index contributed by atoms with van der Waals surface area (Å²) < 4.78 is 107. The van der Waals surface area contributed by atoms with Crippen LogP contribution in [0.4, 0.5) is 11.4 Å². The molecule has 4 aromatic carbocycles. The quantitative estimate of drug-likeness (QED) is 0.195. The smallest absolute Gasteiger partial charge is 0.216 e. The Bertz CT molecular complexity index is 2580. The zero-order valence-electron chi connectivity index (χ0n) is 24.9. The minimum absolute atomic E-state index is 0.181. The molecule has 0 unspecified atom stereocenters. The number of hydrazone groups is 2. The SMILES string of the molecule is O=C1C=Cc2ccccc2C1=NNc1ccc(-c2ccc(NN=C3C(=O)c4c(cc(S(=O)(=O)[O-])cc4S(=O)(=O)[O-])C=C3S(=O)(=O)[O-])cc2)cc1. The Labute approximate surface area is 284 Å². The Balaban J connectivity index is 1.24. The fourth-order valence-corrected chi connectivity index (χ4v) is 7.10. The van der Waals surface area contributed by atoms with Crippen molar-refractivity contribution in [2.24, 2.45) is 10.2 Å². The monoisotopic (exact) mass is 731 g/mol. The average molecular weight is 732 g/mol. The highest BCUT2D eigenvalue weighted by Gasteiger charge is 2.34. The summed E-state index contributed by atoms with van der Waals surface area (Å²) in [6.07, 6.45) is 3.63. The van der Waals surface area contributed by atoms with E-state index in [9.17, 15) is 48.5 Å². The molecule has 0 radical (unpaired) electrons. The molecule has 18 heteroatoms. The van der Waals surface area contributed by atoms with Gasteiger partial charge in [-0.25, -0.2) is 25.3 Å². The Morgan fingerprint density at radius 2 is 1.14 bits per heavy atom. The number of carbonyl (C=O) groups excluding carboxylic acids is 2. The first kappa shape index (κ1) is 34.2. The molecule has 0 saturated heterocycles. The number of nitrogens with zero attached hydrogens (tertiary/aromatic N) is 2. The van der Waals surface area contributed by atoms with E-state index in [2.05, 4.69) is 21.1 Å². The Hall–Kier alpha value is -5.63. The fourth-order valence-electron chi connectivity index (χ4n) is 5.11. The zero-order chi connectivity index (χ0) is 36.0. The number of hydrogen-bond acceptors (Lipinski definition) is 15. The van der Waals surface area contributed by atoms with Gasteiger partial charge in [-0.1, -0.05) is 54.6 Å². The van der Waals surface area contributed by atoms with Crippen LogP contribution in [0.2, 0.25) is 0 Å².